The Hall–Kier alpha value is -1.23. The molecule has 0 atom stereocenters. The molecule has 23 heavy (non-hydrogen) atoms. The lowest BCUT2D eigenvalue weighted by molar-refractivity contribution is -0.139. The molecule has 2 rings (SSSR count). The summed E-state index contributed by atoms with van der Waals surface area (Å²) in [6, 6.07) is 5.47. The molecule has 1 heterocycles. The van der Waals surface area contributed by atoms with Gasteiger partial charge in [-0.3, -0.25) is 0 Å². The van der Waals surface area contributed by atoms with E-state index in [0.717, 1.165) is 57.8 Å². The first kappa shape index (κ1) is 18.1. The highest BCUT2D eigenvalue weighted by Crippen LogP contribution is 2.36. The van der Waals surface area contributed by atoms with Gasteiger partial charge in [0.15, 0.2) is 0 Å². The summed E-state index contributed by atoms with van der Waals surface area (Å²) in [5.41, 5.74) is -0.685. The van der Waals surface area contributed by atoms with Crippen molar-refractivity contribution in [3.05, 3.63) is 36.8 Å². The van der Waals surface area contributed by atoms with Crippen molar-refractivity contribution in [3.63, 3.8) is 0 Å². The monoisotopic (exact) mass is 328 g/mol. The number of hydrogen-bond acceptors (Lipinski definition) is 2. The number of para-hydroxylation sites is 1. The van der Waals surface area contributed by atoms with Gasteiger partial charge in [-0.05, 0) is 37.9 Å². The Kier molecular flexibility index (Phi) is 6.75. The van der Waals surface area contributed by atoms with E-state index in [-0.39, 0.29) is 11.9 Å². The Bertz CT molecular complexity index is 468. The highest BCUT2D eigenvalue weighted by atomic mass is 19.4. The van der Waals surface area contributed by atoms with Gasteiger partial charge in [0, 0.05) is 13.1 Å². The number of likely N-dealkylation sites (tertiary alicyclic amines) is 1. The highest BCUT2D eigenvalue weighted by molar-refractivity contribution is 5.35. The number of benzene rings is 1. The lowest BCUT2D eigenvalue weighted by Gasteiger charge is -2.32. The fourth-order valence-corrected chi connectivity index (χ4v) is 2.92. The van der Waals surface area contributed by atoms with Crippen LogP contribution in [0.4, 0.5) is 13.2 Å². The topological polar surface area (TPSA) is 12.5 Å². The van der Waals surface area contributed by atoms with Crippen LogP contribution in [0.5, 0.6) is 5.75 Å². The summed E-state index contributed by atoms with van der Waals surface area (Å²) in [6.07, 6.45) is 1.56. The third kappa shape index (κ3) is 5.72. The molecule has 1 aromatic carbocycles. The Labute approximate surface area is 136 Å². The minimum Gasteiger partial charge on any atom is -0.490 e. The molecule has 0 aromatic heterocycles. The van der Waals surface area contributed by atoms with Crippen molar-refractivity contribution in [2.24, 2.45) is 0 Å². The number of nitrogens with zero attached hydrogens (tertiary/aromatic N) is 1. The standard InChI is InChI=1S/C18H25F3NO/c1-2-3-4-7-12-22-13-10-15(11-14-22)23-17-9-6-5-8-16(17)18(19,20)21/h5-6,8-9,15H,1-4,7,10-14H2. The van der Waals surface area contributed by atoms with Crippen molar-refractivity contribution in [2.45, 2.75) is 50.8 Å². The van der Waals surface area contributed by atoms with E-state index in [1.54, 1.807) is 6.07 Å². The summed E-state index contributed by atoms with van der Waals surface area (Å²) in [6.45, 7) is 6.68. The summed E-state index contributed by atoms with van der Waals surface area (Å²) in [5, 5.41) is 0. The van der Waals surface area contributed by atoms with Crippen LogP contribution in [0.2, 0.25) is 0 Å². The second-order valence-electron chi connectivity index (χ2n) is 6.07. The first-order chi connectivity index (χ1) is 11.0. The zero-order chi connectivity index (χ0) is 16.7. The zero-order valence-electron chi connectivity index (χ0n) is 13.4. The van der Waals surface area contributed by atoms with Gasteiger partial charge in [-0.2, -0.15) is 13.2 Å². The third-order valence-electron chi connectivity index (χ3n) is 4.25. The molecular weight excluding hydrogens is 303 g/mol. The summed E-state index contributed by atoms with van der Waals surface area (Å²) in [7, 11) is 0. The van der Waals surface area contributed by atoms with E-state index < -0.39 is 11.7 Å². The molecule has 129 valence electrons. The highest BCUT2D eigenvalue weighted by Gasteiger charge is 2.34. The summed E-state index contributed by atoms with van der Waals surface area (Å²) >= 11 is 0. The van der Waals surface area contributed by atoms with Crippen LogP contribution in [-0.2, 0) is 6.18 Å². The largest absolute Gasteiger partial charge is 0.490 e. The molecule has 2 nitrogen and oxygen atoms in total. The van der Waals surface area contributed by atoms with Crippen LogP contribution in [0, 0.1) is 6.92 Å². The molecule has 1 saturated heterocycles. The predicted octanol–water partition coefficient (Wildman–Crippen LogP) is 4.94. The molecular formula is C18H25F3NO. The number of piperidine rings is 1. The van der Waals surface area contributed by atoms with Gasteiger partial charge in [0.25, 0.3) is 0 Å². The van der Waals surface area contributed by atoms with Crippen molar-refractivity contribution in [3.8, 4) is 5.75 Å². The Morgan fingerprint density at radius 3 is 2.43 bits per heavy atom. The average Bonchev–Trinajstić information content (AvgIpc) is 2.53. The second kappa shape index (κ2) is 8.57. The molecule has 0 spiro atoms. The quantitative estimate of drug-likeness (QED) is 0.657. The number of hydrogen-bond donors (Lipinski definition) is 0. The van der Waals surface area contributed by atoms with E-state index in [4.69, 9.17) is 4.74 Å². The van der Waals surface area contributed by atoms with Crippen LogP contribution in [0.1, 0.15) is 44.1 Å². The van der Waals surface area contributed by atoms with Crippen LogP contribution in [0.15, 0.2) is 24.3 Å². The lowest BCUT2D eigenvalue weighted by Crippen LogP contribution is -2.38. The smallest absolute Gasteiger partial charge is 0.419 e. The number of halogens is 3. The van der Waals surface area contributed by atoms with Gasteiger partial charge in [-0.15, -0.1) is 0 Å². The molecule has 0 bridgehead atoms. The van der Waals surface area contributed by atoms with Gasteiger partial charge in [0.05, 0.1) is 5.56 Å². The molecule has 1 radical (unpaired) electrons. The van der Waals surface area contributed by atoms with Crippen LogP contribution in [0.25, 0.3) is 0 Å². The van der Waals surface area contributed by atoms with E-state index in [9.17, 15) is 13.2 Å². The summed E-state index contributed by atoms with van der Waals surface area (Å²) in [4.78, 5) is 2.37. The fourth-order valence-electron chi connectivity index (χ4n) is 2.92. The first-order valence-electron chi connectivity index (χ1n) is 8.35. The van der Waals surface area contributed by atoms with Gasteiger partial charge in [0.1, 0.15) is 11.9 Å². The van der Waals surface area contributed by atoms with E-state index in [1.807, 2.05) is 0 Å². The van der Waals surface area contributed by atoms with Crippen LogP contribution < -0.4 is 4.74 Å². The van der Waals surface area contributed by atoms with Crippen molar-refractivity contribution in [1.82, 2.24) is 4.90 Å². The van der Waals surface area contributed by atoms with Crippen LogP contribution in [-0.4, -0.2) is 30.6 Å². The molecule has 0 aliphatic carbocycles. The van der Waals surface area contributed by atoms with Crippen molar-refractivity contribution >= 4 is 0 Å². The lowest BCUT2D eigenvalue weighted by atomic mass is 10.1. The Morgan fingerprint density at radius 1 is 1.09 bits per heavy atom. The van der Waals surface area contributed by atoms with E-state index in [0.29, 0.717) is 0 Å². The minimum atomic E-state index is -4.37. The molecule has 0 N–H and O–H groups in total. The van der Waals surface area contributed by atoms with Crippen molar-refractivity contribution in [1.29, 1.82) is 0 Å². The maximum Gasteiger partial charge on any atom is 0.419 e. The molecule has 1 fully saturated rings. The van der Waals surface area contributed by atoms with Gasteiger partial charge in [0.2, 0.25) is 0 Å². The van der Waals surface area contributed by atoms with Gasteiger partial charge < -0.3 is 9.64 Å². The maximum absolute atomic E-state index is 13.0. The Balaban J connectivity index is 1.81. The molecule has 0 unspecified atom stereocenters. The first-order valence-corrected chi connectivity index (χ1v) is 8.35. The number of alkyl halides is 3. The molecule has 1 aliphatic heterocycles. The van der Waals surface area contributed by atoms with Crippen LogP contribution >= 0.6 is 0 Å². The van der Waals surface area contributed by atoms with Gasteiger partial charge in [-0.1, -0.05) is 38.3 Å². The average molecular weight is 328 g/mol. The van der Waals surface area contributed by atoms with E-state index in [2.05, 4.69) is 11.8 Å². The number of ether oxygens (including phenoxy) is 1. The van der Waals surface area contributed by atoms with E-state index >= 15 is 0 Å². The normalized spacial score (nSPS) is 17.4. The Morgan fingerprint density at radius 2 is 1.78 bits per heavy atom. The fraction of sp³-hybridized carbons (Fsp3) is 0.611. The zero-order valence-corrected chi connectivity index (χ0v) is 13.4. The van der Waals surface area contributed by atoms with Crippen molar-refractivity contribution in [2.75, 3.05) is 19.6 Å². The predicted molar refractivity (Wildman–Crippen MR) is 85.4 cm³/mol. The molecule has 1 aliphatic rings. The summed E-state index contributed by atoms with van der Waals surface area (Å²) < 4.78 is 44.6. The molecule has 0 saturated carbocycles. The molecule has 1 aromatic rings. The second-order valence-corrected chi connectivity index (χ2v) is 6.07. The number of unbranched alkanes of at least 4 members (excludes halogenated alkanes) is 3. The summed E-state index contributed by atoms with van der Waals surface area (Å²) in [5.74, 6) is -0.0473. The van der Waals surface area contributed by atoms with E-state index in [1.165, 1.54) is 18.6 Å². The molecule has 5 heteroatoms. The maximum atomic E-state index is 13.0. The SMILES string of the molecule is [CH2]CCCCCN1CCC(Oc2ccccc2C(F)(F)F)CC1. The van der Waals surface area contributed by atoms with Gasteiger partial charge in [-0.25, -0.2) is 0 Å². The molecule has 0 amide bonds. The third-order valence-corrected chi connectivity index (χ3v) is 4.25. The minimum absolute atomic E-state index is 0.0473. The van der Waals surface area contributed by atoms with Gasteiger partial charge >= 0.3 is 6.18 Å². The van der Waals surface area contributed by atoms with Crippen LogP contribution in [0.3, 0.4) is 0 Å². The van der Waals surface area contributed by atoms with Crippen molar-refractivity contribution < 1.29 is 17.9 Å². The number of rotatable bonds is 7.